The molecule has 0 saturated heterocycles. The number of carbonyl (C=O) groups is 1. The second kappa shape index (κ2) is 7.58. The van der Waals surface area contributed by atoms with E-state index in [-0.39, 0.29) is 39.3 Å². The summed E-state index contributed by atoms with van der Waals surface area (Å²) in [5.74, 6) is -1.14. The van der Waals surface area contributed by atoms with Crippen molar-refractivity contribution in [2.24, 2.45) is 5.16 Å². The zero-order valence-corrected chi connectivity index (χ0v) is 15.6. The van der Waals surface area contributed by atoms with Crippen molar-refractivity contribution in [1.82, 2.24) is 0 Å². The van der Waals surface area contributed by atoms with Crippen LogP contribution in [0, 0.1) is 0 Å². The quantitative estimate of drug-likeness (QED) is 0.666. The molecule has 2 aromatic rings. The van der Waals surface area contributed by atoms with E-state index < -0.39 is 24.2 Å². The Balaban J connectivity index is 0.00000261. The van der Waals surface area contributed by atoms with Gasteiger partial charge in [-0.1, -0.05) is 40.5 Å². The van der Waals surface area contributed by atoms with Gasteiger partial charge in [0.1, 0.15) is 0 Å². The van der Waals surface area contributed by atoms with Crippen LogP contribution in [0.4, 0.5) is 13.2 Å². The number of carboxylic acid groups (broad SMARTS) is 1. The lowest BCUT2D eigenvalue weighted by molar-refractivity contribution is -0.275. The van der Waals surface area contributed by atoms with Gasteiger partial charge < -0.3 is 9.94 Å². The van der Waals surface area contributed by atoms with Crippen molar-refractivity contribution in [2.45, 2.75) is 18.2 Å². The van der Waals surface area contributed by atoms with Crippen LogP contribution in [0.1, 0.15) is 27.9 Å². The van der Waals surface area contributed by atoms with E-state index in [1.165, 1.54) is 30.3 Å². The number of halogens is 6. The Labute approximate surface area is 167 Å². The van der Waals surface area contributed by atoms with E-state index in [0.29, 0.717) is 5.56 Å². The normalized spacial score (nSPS) is 19.1. The maximum atomic E-state index is 13.9. The van der Waals surface area contributed by atoms with E-state index in [9.17, 15) is 18.0 Å². The minimum absolute atomic E-state index is 0. The van der Waals surface area contributed by atoms with Crippen LogP contribution in [0.5, 0.6) is 0 Å². The van der Waals surface area contributed by atoms with E-state index >= 15 is 0 Å². The molecular formula is C17H11Cl3F3NO3. The van der Waals surface area contributed by atoms with Crippen molar-refractivity contribution in [2.75, 3.05) is 0 Å². The van der Waals surface area contributed by atoms with Gasteiger partial charge in [-0.3, -0.25) is 0 Å². The Kier molecular flexibility index (Phi) is 5.99. The molecule has 0 fully saturated rings. The highest BCUT2D eigenvalue weighted by atomic mass is 35.5. The van der Waals surface area contributed by atoms with Crippen LogP contribution >= 0.6 is 35.6 Å². The summed E-state index contributed by atoms with van der Waals surface area (Å²) in [5.41, 5.74) is -2.60. The fraction of sp³-hybridized carbons (Fsp3) is 0.176. The summed E-state index contributed by atoms with van der Waals surface area (Å²) < 4.78 is 41.6. The van der Waals surface area contributed by atoms with Gasteiger partial charge in [0.25, 0.3) is 5.60 Å². The molecule has 1 aliphatic rings. The SMILES string of the molecule is Cl.O=C(O)c1ccc(C2=NOC(c3cc(Cl)cc(Cl)c3)(C(F)(F)F)C2)cc1. The zero-order valence-electron chi connectivity index (χ0n) is 13.3. The Morgan fingerprint density at radius 2 is 1.67 bits per heavy atom. The van der Waals surface area contributed by atoms with Crippen LogP contribution in [0.2, 0.25) is 10.0 Å². The van der Waals surface area contributed by atoms with Crippen molar-refractivity contribution in [3.63, 3.8) is 0 Å². The van der Waals surface area contributed by atoms with Crippen molar-refractivity contribution in [3.8, 4) is 0 Å². The molecule has 0 amide bonds. The minimum atomic E-state index is -4.78. The summed E-state index contributed by atoms with van der Waals surface area (Å²) in [6.07, 6.45) is -5.38. The number of oxime groups is 1. The first kappa shape index (κ1) is 21.3. The molecule has 0 radical (unpaired) electrons. The molecule has 1 atom stereocenters. The average Bonchev–Trinajstić information content (AvgIpc) is 3.00. The molecule has 10 heteroatoms. The van der Waals surface area contributed by atoms with E-state index in [0.717, 1.165) is 12.1 Å². The summed E-state index contributed by atoms with van der Waals surface area (Å²) in [4.78, 5) is 15.8. The molecule has 1 heterocycles. The topological polar surface area (TPSA) is 58.9 Å². The van der Waals surface area contributed by atoms with E-state index in [4.69, 9.17) is 33.1 Å². The summed E-state index contributed by atoms with van der Waals surface area (Å²) in [6, 6.07) is 8.90. The lowest BCUT2D eigenvalue weighted by Crippen LogP contribution is -2.42. The molecule has 4 nitrogen and oxygen atoms in total. The van der Waals surface area contributed by atoms with Gasteiger partial charge in [-0.25, -0.2) is 4.79 Å². The number of nitrogens with zero attached hydrogens (tertiary/aromatic N) is 1. The summed E-state index contributed by atoms with van der Waals surface area (Å²) in [6.45, 7) is 0. The molecule has 0 spiro atoms. The molecule has 0 aliphatic carbocycles. The van der Waals surface area contributed by atoms with Gasteiger partial charge in [-0.05, 0) is 35.9 Å². The standard InChI is InChI=1S/C17H10Cl2F3NO3.ClH/c18-12-5-11(6-13(19)7-12)16(17(20,21)22)8-14(23-26-16)9-1-3-10(4-2-9)15(24)25;/h1-7H,8H2,(H,24,25);1H. The molecule has 0 bridgehead atoms. The van der Waals surface area contributed by atoms with Crippen LogP contribution in [0.25, 0.3) is 0 Å². The first-order valence-electron chi connectivity index (χ1n) is 7.24. The number of hydrogen-bond acceptors (Lipinski definition) is 3. The van der Waals surface area contributed by atoms with Gasteiger partial charge in [0.2, 0.25) is 0 Å². The predicted octanol–water partition coefficient (Wildman–Crippen LogP) is 5.70. The van der Waals surface area contributed by atoms with Crippen LogP contribution in [-0.4, -0.2) is 23.0 Å². The van der Waals surface area contributed by atoms with Crippen LogP contribution < -0.4 is 0 Å². The van der Waals surface area contributed by atoms with Crippen molar-refractivity contribution in [1.29, 1.82) is 0 Å². The number of rotatable bonds is 3. The largest absolute Gasteiger partial charge is 0.478 e. The number of carboxylic acids is 1. The number of aromatic carboxylic acids is 1. The summed E-state index contributed by atoms with van der Waals surface area (Å²) in [5, 5.41) is 12.6. The molecule has 2 aromatic carbocycles. The van der Waals surface area contributed by atoms with Crippen LogP contribution in [0.15, 0.2) is 47.6 Å². The Hall–Kier alpha value is -1.96. The van der Waals surface area contributed by atoms with E-state index in [2.05, 4.69) is 5.16 Å². The molecule has 3 rings (SSSR count). The maximum Gasteiger partial charge on any atom is 0.435 e. The first-order valence-corrected chi connectivity index (χ1v) is 8.00. The summed E-state index contributed by atoms with van der Waals surface area (Å²) in [7, 11) is 0. The Morgan fingerprint density at radius 3 is 2.15 bits per heavy atom. The monoisotopic (exact) mass is 439 g/mol. The predicted molar refractivity (Wildman–Crippen MR) is 97.1 cm³/mol. The third-order valence-electron chi connectivity index (χ3n) is 3.98. The molecule has 0 aromatic heterocycles. The second-order valence-electron chi connectivity index (χ2n) is 5.67. The molecule has 0 saturated carbocycles. The van der Waals surface area contributed by atoms with Crippen LogP contribution in [-0.2, 0) is 10.4 Å². The zero-order chi connectivity index (χ0) is 19.1. The minimum Gasteiger partial charge on any atom is -0.478 e. The Bertz CT molecular complexity index is 880. The van der Waals surface area contributed by atoms with Gasteiger partial charge in [-0.2, -0.15) is 13.2 Å². The maximum absolute atomic E-state index is 13.9. The number of benzene rings is 2. The smallest absolute Gasteiger partial charge is 0.435 e. The second-order valence-corrected chi connectivity index (χ2v) is 6.54. The van der Waals surface area contributed by atoms with E-state index in [1.54, 1.807) is 0 Å². The number of alkyl halides is 3. The molecule has 144 valence electrons. The molecule has 27 heavy (non-hydrogen) atoms. The van der Waals surface area contributed by atoms with Crippen LogP contribution in [0.3, 0.4) is 0 Å². The average molecular weight is 441 g/mol. The fourth-order valence-corrected chi connectivity index (χ4v) is 3.18. The fourth-order valence-electron chi connectivity index (χ4n) is 2.65. The third kappa shape index (κ3) is 4.00. The summed E-state index contributed by atoms with van der Waals surface area (Å²) >= 11 is 11.7. The van der Waals surface area contributed by atoms with Gasteiger partial charge in [0.05, 0.1) is 11.3 Å². The van der Waals surface area contributed by atoms with Crippen molar-refractivity contribution < 1.29 is 27.9 Å². The van der Waals surface area contributed by atoms with Gasteiger partial charge in [-0.15, -0.1) is 12.4 Å². The van der Waals surface area contributed by atoms with Crippen molar-refractivity contribution >= 4 is 47.3 Å². The lowest BCUT2D eigenvalue weighted by atomic mass is 9.86. The third-order valence-corrected chi connectivity index (χ3v) is 4.42. The van der Waals surface area contributed by atoms with Crippen molar-refractivity contribution in [3.05, 3.63) is 69.2 Å². The highest BCUT2D eigenvalue weighted by Gasteiger charge is 2.62. The Morgan fingerprint density at radius 1 is 1.11 bits per heavy atom. The highest BCUT2D eigenvalue weighted by molar-refractivity contribution is 6.34. The molecular weight excluding hydrogens is 430 g/mol. The van der Waals surface area contributed by atoms with Gasteiger partial charge in [0.15, 0.2) is 0 Å². The van der Waals surface area contributed by atoms with Gasteiger partial charge in [0, 0.05) is 22.0 Å². The number of hydrogen-bond donors (Lipinski definition) is 1. The molecule has 1 N–H and O–H groups in total. The first-order chi connectivity index (χ1) is 12.1. The highest BCUT2D eigenvalue weighted by Crippen LogP contribution is 2.49. The molecule has 1 aliphatic heterocycles. The molecule has 1 unspecified atom stereocenters. The van der Waals surface area contributed by atoms with Gasteiger partial charge >= 0.3 is 12.1 Å². The van der Waals surface area contributed by atoms with E-state index in [1.807, 2.05) is 0 Å². The lowest BCUT2D eigenvalue weighted by Gasteiger charge is -2.29.